The molecule has 2 aromatic rings. The molecule has 0 unspecified atom stereocenters. The Labute approximate surface area is 134 Å². The second-order valence-corrected chi connectivity index (χ2v) is 5.39. The predicted molar refractivity (Wildman–Crippen MR) is 87.4 cm³/mol. The first-order valence-electron chi connectivity index (χ1n) is 7.49. The Kier molecular flexibility index (Phi) is 4.93. The number of rotatable bonds is 5. The molecule has 0 aliphatic rings. The first-order chi connectivity index (χ1) is 10.8. The van der Waals surface area contributed by atoms with Gasteiger partial charge >= 0.3 is 5.97 Å². The SMILES string of the molecule is CCOc1c(OC(C)=O)c(=O)n(C)c2cc(OC(C)C)ccc12. The smallest absolute Gasteiger partial charge is 0.308 e. The Bertz CT molecular complexity index is 792. The number of pyridine rings is 1. The lowest BCUT2D eigenvalue weighted by Crippen LogP contribution is -2.22. The molecule has 0 saturated carbocycles. The van der Waals surface area contributed by atoms with Gasteiger partial charge in [-0.2, -0.15) is 0 Å². The standard InChI is InChI=1S/C17H21NO5/c1-6-21-15-13-8-7-12(22-10(2)3)9-14(13)18(5)17(20)16(15)23-11(4)19/h7-10H,6H2,1-5H3. The maximum atomic E-state index is 12.5. The molecule has 0 radical (unpaired) electrons. The van der Waals surface area contributed by atoms with Gasteiger partial charge in [0, 0.05) is 25.4 Å². The van der Waals surface area contributed by atoms with Crippen LogP contribution in [0.1, 0.15) is 27.7 Å². The number of benzene rings is 1. The monoisotopic (exact) mass is 319 g/mol. The molecule has 0 fully saturated rings. The van der Waals surface area contributed by atoms with Gasteiger partial charge in [-0.3, -0.25) is 9.59 Å². The molecule has 124 valence electrons. The van der Waals surface area contributed by atoms with Gasteiger partial charge in [-0.1, -0.05) is 0 Å². The lowest BCUT2D eigenvalue weighted by molar-refractivity contribution is -0.132. The molecule has 6 nitrogen and oxygen atoms in total. The minimum Gasteiger partial charge on any atom is -0.491 e. The third kappa shape index (κ3) is 3.47. The van der Waals surface area contributed by atoms with Crippen molar-refractivity contribution in [3.63, 3.8) is 0 Å². The van der Waals surface area contributed by atoms with Gasteiger partial charge in [-0.05, 0) is 32.9 Å². The molecule has 0 N–H and O–H groups in total. The van der Waals surface area contributed by atoms with Crippen LogP contribution in [0.5, 0.6) is 17.2 Å². The molecule has 0 aliphatic carbocycles. The molecule has 1 aromatic carbocycles. The zero-order valence-corrected chi connectivity index (χ0v) is 14.0. The van der Waals surface area contributed by atoms with Crippen LogP contribution >= 0.6 is 0 Å². The lowest BCUT2D eigenvalue weighted by atomic mass is 10.1. The maximum Gasteiger partial charge on any atom is 0.308 e. The molecule has 0 amide bonds. The maximum absolute atomic E-state index is 12.5. The lowest BCUT2D eigenvalue weighted by Gasteiger charge is -2.16. The zero-order valence-electron chi connectivity index (χ0n) is 14.0. The zero-order chi connectivity index (χ0) is 17.1. The van der Waals surface area contributed by atoms with Gasteiger partial charge in [0.1, 0.15) is 5.75 Å². The number of esters is 1. The Morgan fingerprint density at radius 1 is 1.26 bits per heavy atom. The first-order valence-corrected chi connectivity index (χ1v) is 7.49. The number of hydrogen-bond donors (Lipinski definition) is 0. The van der Waals surface area contributed by atoms with Gasteiger partial charge in [0.25, 0.3) is 5.56 Å². The quantitative estimate of drug-likeness (QED) is 0.793. The van der Waals surface area contributed by atoms with Crippen LogP contribution < -0.4 is 19.8 Å². The van der Waals surface area contributed by atoms with E-state index in [-0.39, 0.29) is 17.6 Å². The molecule has 23 heavy (non-hydrogen) atoms. The predicted octanol–water partition coefficient (Wildman–Crippen LogP) is 2.65. The molecule has 2 rings (SSSR count). The van der Waals surface area contributed by atoms with Crippen LogP contribution in [0, 0.1) is 0 Å². The minimum absolute atomic E-state index is 0.0242. The second kappa shape index (κ2) is 6.73. The number of aromatic nitrogens is 1. The number of carbonyl (C=O) groups is 1. The van der Waals surface area contributed by atoms with Crippen LogP contribution in [-0.4, -0.2) is 23.2 Å². The molecule has 0 bridgehead atoms. The second-order valence-electron chi connectivity index (χ2n) is 5.39. The van der Waals surface area contributed by atoms with E-state index in [1.54, 1.807) is 32.2 Å². The summed E-state index contributed by atoms with van der Waals surface area (Å²) in [5.74, 6) is 0.274. The van der Waals surface area contributed by atoms with Crippen LogP contribution in [0.15, 0.2) is 23.0 Å². The number of ether oxygens (including phenoxy) is 3. The summed E-state index contributed by atoms with van der Waals surface area (Å²) in [6.07, 6.45) is 0.0242. The van der Waals surface area contributed by atoms with E-state index in [9.17, 15) is 9.59 Å². The van der Waals surface area contributed by atoms with Gasteiger partial charge in [-0.15, -0.1) is 0 Å². The molecule has 0 atom stereocenters. The molecular formula is C17H21NO5. The molecule has 0 aliphatic heterocycles. The number of nitrogens with zero attached hydrogens (tertiary/aromatic N) is 1. The van der Waals surface area contributed by atoms with Crippen molar-refractivity contribution in [2.45, 2.75) is 33.8 Å². The van der Waals surface area contributed by atoms with E-state index in [2.05, 4.69) is 0 Å². The number of carbonyl (C=O) groups excluding carboxylic acids is 1. The van der Waals surface area contributed by atoms with Gasteiger partial charge in [-0.25, -0.2) is 0 Å². The molecule has 0 spiro atoms. The molecule has 0 saturated heterocycles. The third-order valence-electron chi connectivity index (χ3n) is 3.19. The van der Waals surface area contributed by atoms with Gasteiger partial charge in [0.05, 0.1) is 18.2 Å². The summed E-state index contributed by atoms with van der Waals surface area (Å²) < 4.78 is 17.8. The van der Waals surface area contributed by atoms with Crippen LogP contribution in [0.25, 0.3) is 10.9 Å². The molecule has 1 aromatic heterocycles. The highest BCUT2D eigenvalue weighted by molar-refractivity contribution is 5.89. The van der Waals surface area contributed by atoms with E-state index >= 15 is 0 Å². The molecule has 1 heterocycles. The van der Waals surface area contributed by atoms with Crippen LogP contribution in [0.4, 0.5) is 0 Å². The van der Waals surface area contributed by atoms with Crippen molar-refractivity contribution in [2.75, 3.05) is 6.61 Å². The van der Waals surface area contributed by atoms with Crippen molar-refractivity contribution in [1.82, 2.24) is 4.57 Å². The summed E-state index contributed by atoms with van der Waals surface area (Å²) in [5, 5.41) is 0.682. The van der Waals surface area contributed by atoms with Crippen LogP contribution in [0.2, 0.25) is 0 Å². The van der Waals surface area contributed by atoms with Crippen molar-refractivity contribution < 1.29 is 19.0 Å². The van der Waals surface area contributed by atoms with E-state index in [4.69, 9.17) is 14.2 Å². The highest BCUT2D eigenvalue weighted by Gasteiger charge is 2.20. The average molecular weight is 319 g/mol. The normalized spacial score (nSPS) is 10.9. The Morgan fingerprint density at radius 3 is 2.52 bits per heavy atom. The summed E-state index contributed by atoms with van der Waals surface area (Å²) in [4.78, 5) is 23.8. The highest BCUT2D eigenvalue weighted by atomic mass is 16.6. The Morgan fingerprint density at radius 2 is 1.96 bits per heavy atom. The first kappa shape index (κ1) is 16.9. The van der Waals surface area contributed by atoms with Gasteiger partial charge in [0.2, 0.25) is 5.75 Å². The molecular weight excluding hydrogens is 298 g/mol. The van der Waals surface area contributed by atoms with Crippen molar-refractivity contribution in [3.05, 3.63) is 28.6 Å². The van der Waals surface area contributed by atoms with E-state index < -0.39 is 11.5 Å². The van der Waals surface area contributed by atoms with Crippen LogP contribution in [0.3, 0.4) is 0 Å². The average Bonchev–Trinajstić information content (AvgIpc) is 2.47. The van der Waals surface area contributed by atoms with Crippen molar-refractivity contribution in [2.24, 2.45) is 7.05 Å². The third-order valence-corrected chi connectivity index (χ3v) is 3.19. The number of fused-ring (bicyclic) bond motifs is 1. The largest absolute Gasteiger partial charge is 0.491 e. The fraction of sp³-hybridized carbons (Fsp3) is 0.412. The summed E-state index contributed by atoms with van der Waals surface area (Å²) in [7, 11) is 1.62. The molecule has 6 heteroatoms. The van der Waals surface area contributed by atoms with Gasteiger partial charge < -0.3 is 18.8 Å². The van der Waals surface area contributed by atoms with Crippen molar-refractivity contribution >= 4 is 16.9 Å². The van der Waals surface area contributed by atoms with Crippen molar-refractivity contribution in [3.8, 4) is 17.2 Å². The van der Waals surface area contributed by atoms with E-state index in [0.29, 0.717) is 23.3 Å². The topological polar surface area (TPSA) is 66.8 Å². The summed E-state index contributed by atoms with van der Waals surface area (Å²) in [6.45, 7) is 7.26. The summed E-state index contributed by atoms with van der Waals surface area (Å²) in [5.41, 5.74) is 0.213. The minimum atomic E-state index is -0.567. The van der Waals surface area contributed by atoms with E-state index in [1.165, 1.54) is 11.5 Å². The Hall–Kier alpha value is -2.50. The van der Waals surface area contributed by atoms with Crippen LogP contribution in [-0.2, 0) is 11.8 Å². The fourth-order valence-electron chi connectivity index (χ4n) is 2.33. The van der Waals surface area contributed by atoms with E-state index in [0.717, 1.165) is 0 Å². The summed E-state index contributed by atoms with van der Waals surface area (Å²) in [6, 6.07) is 5.37. The van der Waals surface area contributed by atoms with Crippen molar-refractivity contribution in [1.29, 1.82) is 0 Å². The number of hydrogen-bond acceptors (Lipinski definition) is 5. The Balaban J connectivity index is 2.75. The fourth-order valence-corrected chi connectivity index (χ4v) is 2.33. The van der Waals surface area contributed by atoms with Gasteiger partial charge in [0.15, 0.2) is 5.75 Å². The van der Waals surface area contributed by atoms with E-state index in [1.807, 2.05) is 13.8 Å². The number of aryl methyl sites for hydroxylation is 1. The summed E-state index contributed by atoms with van der Waals surface area (Å²) >= 11 is 0. The highest BCUT2D eigenvalue weighted by Crippen LogP contribution is 2.34.